The molecule has 1 aliphatic rings. The number of nitrogens with two attached hydrogens (primary N) is 1. The van der Waals surface area contributed by atoms with Gasteiger partial charge in [-0.25, -0.2) is 0 Å². The van der Waals surface area contributed by atoms with E-state index < -0.39 is 0 Å². The quantitative estimate of drug-likeness (QED) is 0.707. The Labute approximate surface area is 104 Å². The van der Waals surface area contributed by atoms with Crippen LogP contribution in [0.3, 0.4) is 0 Å². The molecule has 3 N–H and O–H groups in total. The molecule has 0 bridgehead atoms. The zero-order valence-corrected chi connectivity index (χ0v) is 11.1. The van der Waals surface area contributed by atoms with Crippen molar-refractivity contribution in [3.63, 3.8) is 0 Å². The van der Waals surface area contributed by atoms with Crippen LogP contribution in [-0.2, 0) is 9.53 Å². The molecule has 0 aliphatic carbocycles. The van der Waals surface area contributed by atoms with Crippen molar-refractivity contribution < 1.29 is 9.53 Å². The largest absolute Gasteiger partial charge is 0.378 e. The standard InChI is InChI=1S/C13H26N2O2/c1-3-4-11(5-6-14)8-15-13(16)12-7-10(2)17-9-12/h10-12H,3-9,14H2,1-2H3,(H,15,16). The Morgan fingerprint density at radius 3 is 2.82 bits per heavy atom. The average Bonchev–Trinajstić information content (AvgIpc) is 2.73. The van der Waals surface area contributed by atoms with Gasteiger partial charge in [-0.3, -0.25) is 4.79 Å². The van der Waals surface area contributed by atoms with E-state index in [4.69, 9.17) is 10.5 Å². The van der Waals surface area contributed by atoms with Crippen molar-refractivity contribution in [1.29, 1.82) is 0 Å². The molecule has 0 aromatic rings. The van der Waals surface area contributed by atoms with E-state index in [0.717, 1.165) is 32.2 Å². The van der Waals surface area contributed by atoms with Gasteiger partial charge in [0.05, 0.1) is 18.6 Å². The van der Waals surface area contributed by atoms with E-state index in [9.17, 15) is 4.79 Å². The van der Waals surface area contributed by atoms with Crippen LogP contribution in [0.1, 0.15) is 39.5 Å². The third-order valence-corrected chi connectivity index (χ3v) is 3.41. The van der Waals surface area contributed by atoms with Crippen LogP contribution in [0.25, 0.3) is 0 Å². The molecule has 1 rings (SSSR count). The molecule has 3 unspecified atom stereocenters. The molecular formula is C13H26N2O2. The van der Waals surface area contributed by atoms with Crippen LogP contribution in [0.15, 0.2) is 0 Å². The maximum absolute atomic E-state index is 11.9. The lowest BCUT2D eigenvalue weighted by Gasteiger charge is -2.17. The number of hydrogen-bond donors (Lipinski definition) is 2. The highest BCUT2D eigenvalue weighted by Gasteiger charge is 2.28. The maximum atomic E-state index is 11.9. The molecule has 100 valence electrons. The molecule has 0 saturated carbocycles. The summed E-state index contributed by atoms with van der Waals surface area (Å²) in [5.74, 6) is 0.714. The molecule has 4 nitrogen and oxygen atoms in total. The van der Waals surface area contributed by atoms with Gasteiger partial charge in [-0.05, 0) is 38.6 Å². The van der Waals surface area contributed by atoms with Gasteiger partial charge < -0.3 is 15.8 Å². The van der Waals surface area contributed by atoms with Gasteiger partial charge in [0.15, 0.2) is 0 Å². The number of amides is 1. The molecule has 1 aliphatic heterocycles. The molecule has 1 heterocycles. The Balaban J connectivity index is 2.25. The fourth-order valence-corrected chi connectivity index (χ4v) is 2.38. The zero-order chi connectivity index (χ0) is 12.7. The van der Waals surface area contributed by atoms with Crippen LogP contribution in [0.4, 0.5) is 0 Å². The van der Waals surface area contributed by atoms with Crippen molar-refractivity contribution in [2.75, 3.05) is 19.7 Å². The highest BCUT2D eigenvalue weighted by molar-refractivity contribution is 5.79. The molecule has 1 saturated heterocycles. The molecular weight excluding hydrogens is 216 g/mol. The predicted molar refractivity (Wildman–Crippen MR) is 68.6 cm³/mol. The average molecular weight is 242 g/mol. The van der Waals surface area contributed by atoms with Crippen molar-refractivity contribution in [3.05, 3.63) is 0 Å². The second kappa shape index (κ2) is 7.67. The normalized spacial score (nSPS) is 25.8. The monoisotopic (exact) mass is 242 g/mol. The van der Waals surface area contributed by atoms with Gasteiger partial charge in [-0.1, -0.05) is 13.3 Å². The molecule has 1 fully saturated rings. The SMILES string of the molecule is CCCC(CCN)CNC(=O)C1COC(C)C1. The van der Waals surface area contributed by atoms with Gasteiger partial charge in [-0.15, -0.1) is 0 Å². The Morgan fingerprint density at radius 2 is 2.29 bits per heavy atom. The molecule has 0 aromatic carbocycles. The number of hydrogen-bond acceptors (Lipinski definition) is 3. The molecule has 3 atom stereocenters. The van der Waals surface area contributed by atoms with Crippen LogP contribution in [0.2, 0.25) is 0 Å². The smallest absolute Gasteiger partial charge is 0.225 e. The Bertz CT molecular complexity index is 227. The second-order valence-electron chi connectivity index (χ2n) is 5.05. The number of carbonyl (C=O) groups is 1. The number of carbonyl (C=O) groups excluding carboxylic acids is 1. The summed E-state index contributed by atoms with van der Waals surface area (Å²) in [7, 11) is 0. The lowest BCUT2D eigenvalue weighted by atomic mass is 9.99. The fraction of sp³-hybridized carbons (Fsp3) is 0.923. The van der Waals surface area contributed by atoms with E-state index in [1.807, 2.05) is 6.92 Å². The summed E-state index contributed by atoms with van der Waals surface area (Å²) in [5.41, 5.74) is 5.57. The molecule has 17 heavy (non-hydrogen) atoms. The summed E-state index contributed by atoms with van der Waals surface area (Å²) in [6, 6.07) is 0. The van der Waals surface area contributed by atoms with Gasteiger partial charge >= 0.3 is 0 Å². The van der Waals surface area contributed by atoms with Crippen LogP contribution in [0, 0.1) is 11.8 Å². The first-order valence-electron chi connectivity index (χ1n) is 6.76. The highest BCUT2D eigenvalue weighted by atomic mass is 16.5. The van der Waals surface area contributed by atoms with Gasteiger partial charge in [-0.2, -0.15) is 0 Å². The van der Waals surface area contributed by atoms with Crippen LogP contribution in [0.5, 0.6) is 0 Å². The van der Waals surface area contributed by atoms with E-state index >= 15 is 0 Å². The van der Waals surface area contributed by atoms with E-state index in [1.54, 1.807) is 0 Å². The molecule has 0 aromatic heterocycles. The van der Waals surface area contributed by atoms with E-state index in [2.05, 4.69) is 12.2 Å². The maximum Gasteiger partial charge on any atom is 0.225 e. The lowest BCUT2D eigenvalue weighted by Crippen LogP contribution is -2.35. The highest BCUT2D eigenvalue weighted by Crippen LogP contribution is 2.19. The minimum absolute atomic E-state index is 0.0464. The van der Waals surface area contributed by atoms with E-state index in [1.165, 1.54) is 0 Å². The summed E-state index contributed by atoms with van der Waals surface area (Å²) in [4.78, 5) is 11.9. The van der Waals surface area contributed by atoms with E-state index in [0.29, 0.717) is 19.1 Å². The zero-order valence-electron chi connectivity index (χ0n) is 11.1. The van der Waals surface area contributed by atoms with Gasteiger partial charge in [0.1, 0.15) is 0 Å². The third-order valence-electron chi connectivity index (χ3n) is 3.41. The topological polar surface area (TPSA) is 64.3 Å². The van der Waals surface area contributed by atoms with Gasteiger partial charge in [0, 0.05) is 6.54 Å². The minimum atomic E-state index is 0.0464. The minimum Gasteiger partial charge on any atom is -0.378 e. The van der Waals surface area contributed by atoms with Gasteiger partial charge in [0.2, 0.25) is 5.91 Å². The van der Waals surface area contributed by atoms with Crippen molar-refractivity contribution in [2.24, 2.45) is 17.6 Å². The molecule has 4 heteroatoms. The first-order chi connectivity index (χ1) is 8.17. The first kappa shape index (κ1) is 14.5. The lowest BCUT2D eigenvalue weighted by molar-refractivity contribution is -0.125. The summed E-state index contributed by atoms with van der Waals surface area (Å²) in [6.07, 6.45) is 4.34. The Morgan fingerprint density at radius 1 is 1.53 bits per heavy atom. The second-order valence-corrected chi connectivity index (χ2v) is 5.05. The predicted octanol–water partition coefficient (Wildman–Crippen LogP) is 1.29. The third kappa shape index (κ3) is 5.04. The number of rotatable bonds is 7. The molecule has 0 radical (unpaired) electrons. The fourth-order valence-electron chi connectivity index (χ4n) is 2.38. The van der Waals surface area contributed by atoms with Gasteiger partial charge in [0.25, 0.3) is 0 Å². The van der Waals surface area contributed by atoms with Crippen molar-refractivity contribution in [2.45, 2.75) is 45.6 Å². The Kier molecular flexibility index (Phi) is 6.52. The number of nitrogens with one attached hydrogen (secondary N) is 1. The first-order valence-corrected chi connectivity index (χ1v) is 6.76. The summed E-state index contributed by atoms with van der Waals surface area (Å²) >= 11 is 0. The van der Waals surface area contributed by atoms with Crippen LogP contribution < -0.4 is 11.1 Å². The van der Waals surface area contributed by atoms with Crippen LogP contribution >= 0.6 is 0 Å². The van der Waals surface area contributed by atoms with Crippen molar-refractivity contribution in [1.82, 2.24) is 5.32 Å². The summed E-state index contributed by atoms with van der Waals surface area (Å²) < 4.78 is 5.41. The number of ether oxygens (including phenoxy) is 1. The molecule has 1 amide bonds. The Hall–Kier alpha value is -0.610. The summed E-state index contributed by atoms with van der Waals surface area (Å²) in [6.45, 7) is 6.21. The summed E-state index contributed by atoms with van der Waals surface area (Å²) in [5, 5.41) is 3.04. The van der Waals surface area contributed by atoms with Crippen molar-refractivity contribution >= 4 is 5.91 Å². The molecule has 0 spiro atoms. The van der Waals surface area contributed by atoms with E-state index in [-0.39, 0.29) is 17.9 Å². The van der Waals surface area contributed by atoms with Crippen LogP contribution in [-0.4, -0.2) is 31.7 Å². The van der Waals surface area contributed by atoms with Crippen molar-refractivity contribution in [3.8, 4) is 0 Å².